The molecule has 0 radical (unpaired) electrons. The van der Waals surface area contributed by atoms with E-state index >= 15 is 0 Å². The molecular weight excluding hydrogens is 290 g/mol. The molecule has 2 amide bonds. The third kappa shape index (κ3) is 5.73. The molecule has 1 aromatic rings. The van der Waals surface area contributed by atoms with Crippen molar-refractivity contribution in [3.8, 4) is 0 Å². The van der Waals surface area contributed by atoms with Crippen LogP contribution in [0.1, 0.15) is 31.1 Å². The molecule has 0 saturated heterocycles. The van der Waals surface area contributed by atoms with Crippen molar-refractivity contribution in [1.82, 2.24) is 10.2 Å². The standard InChI is InChI=1S/C15H22ClN3O2/c1-15(2,3)17-9-13(20)18-12-8-10(16)6-7-11(12)14(21)19(4)5/h6-8,17H,9H2,1-5H3,(H,18,20). The first-order valence-corrected chi connectivity index (χ1v) is 7.04. The highest BCUT2D eigenvalue weighted by atomic mass is 35.5. The molecule has 0 unspecified atom stereocenters. The molecule has 0 saturated carbocycles. The van der Waals surface area contributed by atoms with Gasteiger partial charge in [0.15, 0.2) is 0 Å². The minimum Gasteiger partial charge on any atom is -0.345 e. The molecule has 5 nitrogen and oxygen atoms in total. The van der Waals surface area contributed by atoms with Gasteiger partial charge in [0.25, 0.3) is 5.91 Å². The van der Waals surface area contributed by atoms with Gasteiger partial charge >= 0.3 is 0 Å². The number of carbonyl (C=O) groups is 2. The van der Waals surface area contributed by atoms with E-state index in [0.29, 0.717) is 16.3 Å². The topological polar surface area (TPSA) is 61.4 Å². The van der Waals surface area contributed by atoms with E-state index in [-0.39, 0.29) is 23.9 Å². The number of halogens is 1. The number of benzene rings is 1. The molecule has 21 heavy (non-hydrogen) atoms. The van der Waals surface area contributed by atoms with Crippen LogP contribution in [0.25, 0.3) is 0 Å². The lowest BCUT2D eigenvalue weighted by Gasteiger charge is -2.20. The van der Waals surface area contributed by atoms with Gasteiger partial charge in [0.1, 0.15) is 0 Å². The lowest BCUT2D eigenvalue weighted by atomic mass is 10.1. The van der Waals surface area contributed by atoms with E-state index < -0.39 is 0 Å². The zero-order valence-electron chi connectivity index (χ0n) is 13.1. The Hall–Kier alpha value is -1.59. The van der Waals surface area contributed by atoms with E-state index in [0.717, 1.165) is 0 Å². The Morgan fingerprint density at radius 3 is 2.38 bits per heavy atom. The molecule has 1 rings (SSSR count). The van der Waals surface area contributed by atoms with E-state index in [1.54, 1.807) is 32.3 Å². The molecule has 1 aromatic carbocycles. The molecule has 0 spiro atoms. The summed E-state index contributed by atoms with van der Waals surface area (Å²) in [5.41, 5.74) is 0.670. The largest absolute Gasteiger partial charge is 0.345 e. The Morgan fingerprint density at radius 2 is 1.86 bits per heavy atom. The first-order valence-electron chi connectivity index (χ1n) is 6.66. The summed E-state index contributed by atoms with van der Waals surface area (Å²) in [5.74, 6) is -0.411. The Morgan fingerprint density at radius 1 is 1.24 bits per heavy atom. The lowest BCUT2D eigenvalue weighted by molar-refractivity contribution is -0.115. The van der Waals surface area contributed by atoms with E-state index in [1.165, 1.54) is 4.90 Å². The van der Waals surface area contributed by atoms with Gasteiger partial charge in [-0.3, -0.25) is 9.59 Å². The second-order valence-electron chi connectivity index (χ2n) is 6.04. The number of amides is 2. The minimum absolute atomic E-state index is 0.158. The molecule has 0 fully saturated rings. The molecule has 0 bridgehead atoms. The number of hydrogen-bond acceptors (Lipinski definition) is 3. The van der Waals surface area contributed by atoms with Crippen molar-refractivity contribution >= 4 is 29.1 Å². The van der Waals surface area contributed by atoms with Crippen LogP contribution >= 0.6 is 11.6 Å². The number of anilines is 1. The predicted octanol–water partition coefficient (Wildman–Crippen LogP) is 2.37. The maximum Gasteiger partial charge on any atom is 0.255 e. The van der Waals surface area contributed by atoms with Crippen LogP contribution in [0.4, 0.5) is 5.69 Å². The van der Waals surface area contributed by atoms with Gasteiger partial charge < -0.3 is 15.5 Å². The normalized spacial score (nSPS) is 11.1. The first kappa shape index (κ1) is 17.5. The summed E-state index contributed by atoms with van der Waals surface area (Å²) >= 11 is 5.94. The molecule has 6 heteroatoms. The summed E-state index contributed by atoms with van der Waals surface area (Å²) in [5, 5.41) is 6.28. The number of rotatable bonds is 4. The second kappa shape index (κ2) is 6.91. The van der Waals surface area contributed by atoms with Crippen LogP contribution < -0.4 is 10.6 Å². The summed E-state index contributed by atoms with van der Waals surface area (Å²) in [4.78, 5) is 25.5. The fourth-order valence-corrected chi connectivity index (χ4v) is 1.76. The summed E-state index contributed by atoms with van der Waals surface area (Å²) < 4.78 is 0. The zero-order chi connectivity index (χ0) is 16.2. The van der Waals surface area contributed by atoms with Gasteiger partial charge in [-0.25, -0.2) is 0 Å². The van der Waals surface area contributed by atoms with E-state index in [2.05, 4.69) is 10.6 Å². The molecule has 0 aliphatic carbocycles. The van der Waals surface area contributed by atoms with Crippen molar-refractivity contribution in [1.29, 1.82) is 0 Å². The smallest absolute Gasteiger partial charge is 0.255 e. The van der Waals surface area contributed by atoms with Gasteiger partial charge in [-0.1, -0.05) is 11.6 Å². The van der Waals surface area contributed by atoms with Crippen LogP contribution in [0.3, 0.4) is 0 Å². The highest BCUT2D eigenvalue weighted by Crippen LogP contribution is 2.22. The summed E-state index contributed by atoms with van der Waals surface area (Å²) in [6.07, 6.45) is 0. The monoisotopic (exact) mass is 311 g/mol. The highest BCUT2D eigenvalue weighted by molar-refractivity contribution is 6.31. The Bertz CT molecular complexity index is 536. The van der Waals surface area contributed by atoms with Crippen molar-refractivity contribution < 1.29 is 9.59 Å². The number of nitrogens with zero attached hydrogens (tertiary/aromatic N) is 1. The Kier molecular flexibility index (Phi) is 5.75. The third-order valence-corrected chi connectivity index (χ3v) is 2.91. The van der Waals surface area contributed by atoms with E-state index in [9.17, 15) is 9.59 Å². The zero-order valence-corrected chi connectivity index (χ0v) is 13.8. The predicted molar refractivity (Wildman–Crippen MR) is 85.9 cm³/mol. The van der Waals surface area contributed by atoms with Gasteiger partial charge in [0.05, 0.1) is 17.8 Å². The van der Waals surface area contributed by atoms with Crippen LogP contribution in [0.5, 0.6) is 0 Å². The number of hydrogen-bond donors (Lipinski definition) is 2. The molecule has 0 aliphatic rings. The van der Waals surface area contributed by atoms with Gasteiger partial charge in [0, 0.05) is 24.7 Å². The van der Waals surface area contributed by atoms with Gasteiger partial charge in [-0.15, -0.1) is 0 Å². The van der Waals surface area contributed by atoms with Crippen LogP contribution in [0.15, 0.2) is 18.2 Å². The van der Waals surface area contributed by atoms with Crippen molar-refractivity contribution in [2.45, 2.75) is 26.3 Å². The van der Waals surface area contributed by atoms with E-state index in [1.807, 2.05) is 20.8 Å². The van der Waals surface area contributed by atoms with Crippen molar-refractivity contribution in [2.24, 2.45) is 0 Å². The maximum absolute atomic E-state index is 12.1. The first-order chi connectivity index (χ1) is 9.60. The minimum atomic E-state index is -0.222. The number of nitrogens with one attached hydrogen (secondary N) is 2. The molecule has 0 heterocycles. The van der Waals surface area contributed by atoms with Gasteiger partial charge in [0.2, 0.25) is 5.91 Å². The quantitative estimate of drug-likeness (QED) is 0.897. The lowest BCUT2D eigenvalue weighted by Crippen LogP contribution is -2.41. The fraction of sp³-hybridized carbons (Fsp3) is 0.467. The van der Waals surface area contributed by atoms with Crippen LogP contribution in [-0.2, 0) is 4.79 Å². The maximum atomic E-state index is 12.1. The third-order valence-electron chi connectivity index (χ3n) is 2.67. The van der Waals surface area contributed by atoms with E-state index in [4.69, 9.17) is 11.6 Å². The second-order valence-corrected chi connectivity index (χ2v) is 6.48. The van der Waals surface area contributed by atoms with Crippen molar-refractivity contribution in [3.63, 3.8) is 0 Å². The molecule has 0 aromatic heterocycles. The summed E-state index contributed by atoms with van der Waals surface area (Å²) in [6.45, 7) is 6.08. The van der Waals surface area contributed by atoms with Gasteiger partial charge in [-0.05, 0) is 39.0 Å². The highest BCUT2D eigenvalue weighted by Gasteiger charge is 2.17. The molecule has 0 atom stereocenters. The Balaban J connectivity index is 2.89. The van der Waals surface area contributed by atoms with Crippen molar-refractivity contribution in [3.05, 3.63) is 28.8 Å². The average molecular weight is 312 g/mol. The molecular formula is C15H22ClN3O2. The average Bonchev–Trinajstić information content (AvgIpc) is 2.35. The summed E-state index contributed by atoms with van der Waals surface area (Å²) in [7, 11) is 3.31. The van der Waals surface area contributed by atoms with Crippen molar-refractivity contribution in [2.75, 3.05) is 26.0 Å². The molecule has 2 N–H and O–H groups in total. The molecule has 116 valence electrons. The van der Waals surface area contributed by atoms with Crippen LogP contribution in [0.2, 0.25) is 5.02 Å². The number of carbonyl (C=O) groups excluding carboxylic acids is 2. The van der Waals surface area contributed by atoms with Crippen LogP contribution in [-0.4, -0.2) is 42.9 Å². The Labute approximate surface area is 130 Å². The fourth-order valence-electron chi connectivity index (χ4n) is 1.59. The SMILES string of the molecule is CN(C)C(=O)c1ccc(Cl)cc1NC(=O)CNC(C)(C)C. The van der Waals surface area contributed by atoms with Crippen LogP contribution in [0, 0.1) is 0 Å². The molecule has 0 aliphatic heterocycles. The van der Waals surface area contributed by atoms with Gasteiger partial charge in [-0.2, -0.15) is 0 Å². The summed E-state index contributed by atoms with van der Waals surface area (Å²) in [6, 6.07) is 4.81.